The van der Waals surface area contributed by atoms with Crippen LogP contribution in [0, 0.1) is 10.1 Å². The largest absolute Gasteiger partial charge is 0.497 e. The molecule has 0 fully saturated rings. The van der Waals surface area contributed by atoms with Gasteiger partial charge in [-0.25, -0.2) is 0 Å². The second-order valence-corrected chi connectivity index (χ2v) is 9.19. The van der Waals surface area contributed by atoms with Crippen LogP contribution in [0.4, 0.5) is 5.69 Å². The molecule has 0 aliphatic heterocycles. The standard InChI is InChI=1S/C31H27N3O4/c1-21(23-10-13-28(14-11-23)34(36)37)32-31(35)27-12-15-30-26(18-27)16-17-33(30)20-22-6-8-24(9-7-22)25-4-3-5-29(19-25)38-2/h3-19,21H,20H2,1-2H3,(H,32,35). The first kappa shape index (κ1) is 24.8. The van der Waals surface area contributed by atoms with E-state index in [1.807, 2.05) is 55.6 Å². The van der Waals surface area contributed by atoms with Crippen LogP contribution < -0.4 is 10.1 Å². The second-order valence-electron chi connectivity index (χ2n) is 9.19. The average Bonchev–Trinajstić information content (AvgIpc) is 3.35. The number of carbonyl (C=O) groups excluding carboxylic acids is 1. The normalized spacial score (nSPS) is 11.7. The maximum atomic E-state index is 12.9. The monoisotopic (exact) mass is 505 g/mol. The first-order chi connectivity index (χ1) is 18.4. The highest BCUT2D eigenvalue weighted by Crippen LogP contribution is 2.25. The van der Waals surface area contributed by atoms with Crippen LogP contribution in [0.1, 0.15) is 34.5 Å². The van der Waals surface area contributed by atoms with Gasteiger partial charge in [-0.05, 0) is 65.6 Å². The number of nitro groups is 1. The van der Waals surface area contributed by atoms with Gasteiger partial charge in [0.05, 0.1) is 18.1 Å². The number of methoxy groups -OCH3 is 1. The first-order valence-corrected chi connectivity index (χ1v) is 12.3. The molecule has 0 bridgehead atoms. The summed E-state index contributed by atoms with van der Waals surface area (Å²) in [5, 5.41) is 14.8. The van der Waals surface area contributed by atoms with E-state index in [1.54, 1.807) is 19.2 Å². The number of amides is 1. The van der Waals surface area contributed by atoms with Gasteiger partial charge in [-0.1, -0.05) is 48.5 Å². The molecule has 1 atom stereocenters. The molecule has 1 amide bonds. The molecule has 7 nitrogen and oxygen atoms in total. The lowest BCUT2D eigenvalue weighted by Crippen LogP contribution is -2.26. The highest BCUT2D eigenvalue weighted by atomic mass is 16.6. The van der Waals surface area contributed by atoms with Gasteiger partial charge in [0.2, 0.25) is 0 Å². The van der Waals surface area contributed by atoms with Gasteiger partial charge in [-0.2, -0.15) is 0 Å². The van der Waals surface area contributed by atoms with Gasteiger partial charge in [-0.15, -0.1) is 0 Å². The number of aromatic nitrogens is 1. The Bertz CT molecular complexity index is 1610. The summed E-state index contributed by atoms with van der Waals surface area (Å²) in [7, 11) is 1.67. The van der Waals surface area contributed by atoms with Crippen LogP contribution >= 0.6 is 0 Å². The van der Waals surface area contributed by atoms with Gasteiger partial charge in [0.15, 0.2) is 0 Å². The van der Waals surface area contributed by atoms with Gasteiger partial charge in [-0.3, -0.25) is 14.9 Å². The summed E-state index contributed by atoms with van der Waals surface area (Å²) in [6.07, 6.45) is 2.03. The summed E-state index contributed by atoms with van der Waals surface area (Å²) in [6.45, 7) is 2.57. The number of non-ortho nitro benzene ring substituents is 1. The lowest BCUT2D eigenvalue weighted by atomic mass is 10.0. The minimum Gasteiger partial charge on any atom is -0.497 e. The molecule has 38 heavy (non-hydrogen) atoms. The molecule has 0 saturated carbocycles. The highest BCUT2D eigenvalue weighted by molar-refractivity contribution is 5.98. The molecule has 0 aliphatic rings. The fraction of sp³-hybridized carbons (Fsp3) is 0.129. The Morgan fingerprint density at radius 2 is 1.71 bits per heavy atom. The summed E-state index contributed by atoms with van der Waals surface area (Å²) < 4.78 is 7.50. The van der Waals surface area contributed by atoms with Crippen molar-refractivity contribution in [2.24, 2.45) is 0 Å². The Hall–Kier alpha value is -4.91. The van der Waals surface area contributed by atoms with E-state index < -0.39 is 4.92 Å². The second kappa shape index (κ2) is 10.6. The number of benzene rings is 4. The third kappa shape index (κ3) is 5.27. The predicted molar refractivity (Wildman–Crippen MR) is 148 cm³/mol. The first-order valence-electron chi connectivity index (χ1n) is 12.3. The van der Waals surface area contributed by atoms with E-state index in [0.29, 0.717) is 12.1 Å². The summed E-state index contributed by atoms with van der Waals surface area (Å²) in [5.74, 6) is 0.637. The topological polar surface area (TPSA) is 86.4 Å². The average molecular weight is 506 g/mol. The number of ether oxygens (including phenoxy) is 1. The molecule has 1 unspecified atom stereocenters. The van der Waals surface area contributed by atoms with Crippen molar-refractivity contribution < 1.29 is 14.5 Å². The zero-order chi connectivity index (χ0) is 26.6. The Morgan fingerprint density at radius 1 is 0.947 bits per heavy atom. The zero-order valence-electron chi connectivity index (χ0n) is 21.1. The van der Waals surface area contributed by atoms with Crippen molar-refractivity contribution in [1.82, 2.24) is 9.88 Å². The molecule has 0 saturated heterocycles. The van der Waals surface area contributed by atoms with Crippen molar-refractivity contribution in [2.45, 2.75) is 19.5 Å². The van der Waals surface area contributed by atoms with Crippen LogP contribution in [-0.4, -0.2) is 22.5 Å². The van der Waals surface area contributed by atoms with E-state index in [0.717, 1.165) is 33.3 Å². The number of hydrogen-bond donors (Lipinski definition) is 1. The van der Waals surface area contributed by atoms with Gasteiger partial charge >= 0.3 is 0 Å². The fourth-order valence-electron chi connectivity index (χ4n) is 4.53. The number of rotatable bonds is 8. The minimum absolute atomic E-state index is 0.0232. The van der Waals surface area contributed by atoms with Gasteiger partial charge in [0.25, 0.3) is 11.6 Å². The number of nitro benzene ring substituents is 1. The van der Waals surface area contributed by atoms with Crippen LogP contribution in [0.2, 0.25) is 0 Å². The molecule has 190 valence electrons. The highest BCUT2D eigenvalue weighted by Gasteiger charge is 2.14. The fourth-order valence-corrected chi connectivity index (χ4v) is 4.53. The molecular formula is C31H27N3O4. The number of carbonyl (C=O) groups is 1. The van der Waals surface area contributed by atoms with Crippen LogP contribution in [0.25, 0.3) is 22.0 Å². The Morgan fingerprint density at radius 3 is 2.42 bits per heavy atom. The molecule has 7 heteroatoms. The van der Waals surface area contributed by atoms with Crippen molar-refractivity contribution >= 4 is 22.5 Å². The van der Waals surface area contributed by atoms with Gasteiger partial charge in [0.1, 0.15) is 5.75 Å². The molecule has 5 rings (SSSR count). The van der Waals surface area contributed by atoms with E-state index in [4.69, 9.17) is 4.74 Å². The SMILES string of the molecule is COc1cccc(-c2ccc(Cn3ccc4cc(C(=O)NC(C)c5ccc([N+](=O)[O-])cc5)ccc43)cc2)c1. The third-order valence-electron chi connectivity index (χ3n) is 6.69. The van der Waals surface area contributed by atoms with E-state index in [1.165, 1.54) is 17.7 Å². The molecule has 0 aliphatic carbocycles. The number of nitrogens with one attached hydrogen (secondary N) is 1. The Labute approximate surface area is 220 Å². The van der Waals surface area contributed by atoms with E-state index >= 15 is 0 Å². The van der Waals surface area contributed by atoms with Crippen molar-refractivity contribution in [3.05, 3.63) is 130 Å². The predicted octanol–water partition coefficient (Wildman–Crippen LogP) is 6.76. The zero-order valence-corrected chi connectivity index (χ0v) is 21.1. The van der Waals surface area contributed by atoms with E-state index in [-0.39, 0.29) is 17.6 Å². The van der Waals surface area contributed by atoms with Crippen LogP contribution in [0.15, 0.2) is 103 Å². The number of hydrogen-bond acceptors (Lipinski definition) is 4. The van der Waals surface area contributed by atoms with Crippen molar-refractivity contribution in [3.8, 4) is 16.9 Å². The van der Waals surface area contributed by atoms with Crippen LogP contribution in [0.5, 0.6) is 5.75 Å². The Balaban J connectivity index is 1.27. The minimum atomic E-state index is -0.439. The molecule has 1 N–H and O–H groups in total. The van der Waals surface area contributed by atoms with E-state index in [9.17, 15) is 14.9 Å². The molecule has 0 spiro atoms. The summed E-state index contributed by atoms with van der Waals surface area (Å²) in [5.41, 5.74) is 5.84. The summed E-state index contributed by atoms with van der Waals surface area (Å²) >= 11 is 0. The quantitative estimate of drug-likeness (QED) is 0.186. The lowest BCUT2D eigenvalue weighted by molar-refractivity contribution is -0.384. The van der Waals surface area contributed by atoms with Gasteiger partial charge in [0, 0.05) is 41.3 Å². The smallest absolute Gasteiger partial charge is 0.269 e. The number of nitrogens with zero attached hydrogens (tertiary/aromatic N) is 2. The Kier molecular flexibility index (Phi) is 6.91. The number of fused-ring (bicyclic) bond motifs is 1. The maximum Gasteiger partial charge on any atom is 0.269 e. The molecule has 1 aromatic heterocycles. The molecule has 1 heterocycles. The van der Waals surface area contributed by atoms with Crippen molar-refractivity contribution in [3.63, 3.8) is 0 Å². The molecule has 4 aromatic carbocycles. The van der Waals surface area contributed by atoms with Crippen LogP contribution in [0.3, 0.4) is 0 Å². The third-order valence-corrected chi connectivity index (χ3v) is 6.69. The summed E-state index contributed by atoms with van der Waals surface area (Å²) in [6, 6.07) is 30.1. The van der Waals surface area contributed by atoms with Crippen molar-refractivity contribution in [2.75, 3.05) is 7.11 Å². The summed E-state index contributed by atoms with van der Waals surface area (Å²) in [4.78, 5) is 23.3. The van der Waals surface area contributed by atoms with Crippen molar-refractivity contribution in [1.29, 1.82) is 0 Å². The lowest BCUT2D eigenvalue weighted by Gasteiger charge is -2.14. The molecular weight excluding hydrogens is 478 g/mol. The maximum absolute atomic E-state index is 12.9. The van der Waals surface area contributed by atoms with Crippen LogP contribution in [-0.2, 0) is 6.54 Å². The van der Waals surface area contributed by atoms with E-state index in [2.05, 4.69) is 40.2 Å². The molecule has 5 aromatic rings. The van der Waals surface area contributed by atoms with Gasteiger partial charge < -0.3 is 14.6 Å². The molecule has 0 radical (unpaired) electrons.